The highest BCUT2D eigenvalue weighted by atomic mass is 32.2. The number of methoxy groups -OCH3 is 2. The molecule has 1 aromatic heterocycles. The van der Waals surface area contributed by atoms with E-state index in [-0.39, 0.29) is 18.0 Å². The van der Waals surface area contributed by atoms with E-state index in [4.69, 9.17) is 14.6 Å². The zero-order valence-electron chi connectivity index (χ0n) is 17.3. The Labute approximate surface area is 175 Å². The lowest BCUT2D eigenvalue weighted by atomic mass is 9.60. The number of anilines is 1. The molecule has 10 nitrogen and oxygen atoms in total. The molecule has 30 heavy (non-hydrogen) atoms. The summed E-state index contributed by atoms with van der Waals surface area (Å²) in [7, 11) is -0.676. The predicted molar refractivity (Wildman–Crippen MR) is 112 cm³/mol. The first-order valence-electron chi connectivity index (χ1n) is 9.76. The largest absolute Gasteiger partial charge is 0.493 e. The number of aliphatic hydroxyl groups is 1. The van der Waals surface area contributed by atoms with E-state index in [1.54, 1.807) is 33.4 Å². The molecule has 1 aliphatic carbocycles. The third-order valence-electron chi connectivity index (χ3n) is 6.03. The Balaban J connectivity index is 1.50. The molecule has 2 aromatic rings. The molecule has 1 aromatic carbocycles. The van der Waals surface area contributed by atoms with Crippen LogP contribution in [0.25, 0.3) is 10.9 Å². The molecule has 0 amide bonds. The molecule has 1 saturated carbocycles. The van der Waals surface area contributed by atoms with Crippen LogP contribution in [0.1, 0.15) is 19.8 Å². The second-order valence-electron chi connectivity index (χ2n) is 8.34. The fourth-order valence-corrected chi connectivity index (χ4v) is 5.67. The van der Waals surface area contributed by atoms with Crippen molar-refractivity contribution in [2.24, 2.45) is 10.6 Å². The predicted octanol–water partition coefficient (Wildman–Crippen LogP) is 0.502. The summed E-state index contributed by atoms with van der Waals surface area (Å²) < 4.78 is 35.8. The van der Waals surface area contributed by atoms with Crippen LogP contribution in [0.15, 0.2) is 18.3 Å². The molecule has 2 heterocycles. The van der Waals surface area contributed by atoms with Crippen LogP contribution in [0.2, 0.25) is 0 Å². The number of aromatic nitrogens is 2. The van der Waals surface area contributed by atoms with E-state index < -0.39 is 16.3 Å². The highest BCUT2D eigenvalue weighted by Gasteiger charge is 2.55. The first-order chi connectivity index (χ1) is 14.2. The van der Waals surface area contributed by atoms with Gasteiger partial charge in [0.25, 0.3) is 10.2 Å². The smallest absolute Gasteiger partial charge is 0.277 e. The minimum absolute atomic E-state index is 0.0177. The highest BCUT2D eigenvalue weighted by molar-refractivity contribution is 7.86. The number of hydrogen-bond donors (Lipinski definition) is 2. The zero-order chi connectivity index (χ0) is 21.7. The van der Waals surface area contributed by atoms with Crippen molar-refractivity contribution < 1.29 is 23.0 Å². The Morgan fingerprint density at radius 3 is 2.50 bits per heavy atom. The molecular weight excluding hydrogens is 410 g/mol. The summed E-state index contributed by atoms with van der Waals surface area (Å²) in [4.78, 5) is 2.22. The Morgan fingerprint density at radius 1 is 1.30 bits per heavy atom. The number of nitrogens with zero attached hydrogens (tertiary/aromatic N) is 4. The lowest BCUT2D eigenvalue weighted by molar-refractivity contribution is 0.00265. The zero-order valence-corrected chi connectivity index (χ0v) is 18.1. The van der Waals surface area contributed by atoms with Crippen molar-refractivity contribution in [2.45, 2.75) is 31.9 Å². The molecule has 2 aliphatic rings. The standard InChI is InChI=1S/C19H27N5O5S/c1-12(25)9-24(30(20,26)27)13-6-19(7-13)10-23(11-19)16-8-21-22-15-5-18(29-3)17(28-2)4-14(15)16/h4-5,8,12-13,25H,6-7,9-11H2,1-3H3,(H2,20,26,27). The van der Waals surface area contributed by atoms with E-state index in [0.29, 0.717) is 11.5 Å². The average Bonchev–Trinajstić information content (AvgIpc) is 2.62. The van der Waals surface area contributed by atoms with Crippen molar-refractivity contribution in [3.05, 3.63) is 18.3 Å². The van der Waals surface area contributed by atoms with Gasteiger partial charge in [0, 0.05) is 42.5 Å². The number of fused-ring (bicyclic) bond motifs is 1. The maximum absolute atomic E-state index is 11.9. The molecule has 3 N–H and O–H groups in total. The fourth-order valence-electron chi connectivity index (χ4n) is 4.68. The molecule has 1 spiro atoms. The topological polar surface area (TPSA) is 131 Å². The average molecular weight is 438 g/mol. The summed E-state index contributed by atoms with van der Waals surface area (Å²) in [5.41, 5.74) is 1.73. The summed E-state index contributed by atoms with van der Waals surface area (Å²) >= 11 is 0. The lowest BCUT2D eigenvalue weighted by Crippen LogP contribution is -2.68. The van der Waals surface area contributed by atoms with Crippen molar-refractivity contribution in [3.8, 4) is 11.5 Å². The number of aliphatic hydroxyl groups excluding tert-OH is 1. The molecule has 1 saturated heterocycles. The second kappa shape index (κ2) is 7.49. The quantitative estimate of drug-likeness (QED) is 0.640. The number of benzene rings is 1. The van der Waals surface area contributed by atoms with Gasteiger partial charge in [0.2, 0.25) is 0 Å². The Hall–Kier alpha value is -2.21. The van der Waals surface area contributed by atoms with Gasteiger partial charge in [0.1, 0.15) is 0 Å². The molecule has 1 atom stereocenters. The van der Waals surface area contributed by atoms with E-state index in [9.17, 15) is 13.5 Å². The maximum atomic E-state index is 11.9. The third-order valence-corrected chi connectivity index (χ3v) is 7.13. The molecule has 0 radical (unpaired) electrons. The monoisotopic (exact) mass is 437 g/mol. The minimum Gasteiger partial charge on any atom is -0.493 e. The van der Waals surface area contributed by atoms with Gasteiger partial charge in [-0.2, -0.15) is 22.9 Å². The van der Waals surface area contributed by atoms with E-state index in [1.165, 1.54) is 4.31 Å². The number of hydrogen-bond acceptors (Lipinski definition) is 8. The van der Waals surface area contributed by atoms with Crippen LogP contribution < -0.4 is 19.5 Å². The number of ether oxygens (including phenoxy) is 2. The van der Waals surface area contributed by atoms with Crippen LogP contribution in [-0.2, 0) is 10.2 Å². The van der Waals surface area contributed by atoms with Gasteiger partial charge in [-0.25, -0.2) is 5.14 Å². The van der Waals surface area contributed by atoms with Crippen LogP contribution in [0, 0.1) is 5.41 Å². The molecule has 1 unspecified atom stereocenters. The van der Waals surface area contributed by atoms with E-state index >= 15 is 0 Å². The van der Waals surface area contributed by atoms with Gasteiger partial charge in [-0.1, -0.05) is 0 Å². The van der Waals surface area contributed by atoms with Crippen LogP contribution in [0.5, 0.6) is 11.5 Å². The molecule has 1 aliphatic heterocycles. The summed E-state index contributed by atoms with van der Waals surface area (Å²) in [5, 5.41) is 24.2. The summed E-state index contributed by atoms with van der Waals surface area (Å²) in [6.07, 6.45) is 2.42. The minimum atomic E-state index is -3.85. The van der Waals surface area contributed by atoms with Gasteiger partial charge < -0.3 is 19.5 Å². The van der Waals surface area contributed by atoms with Crippen molar-refractivity contribution in [2.75, 3.05) is 38.8 Å². The van der Waals surface area contributed by atoms with Crippen LogP contribution in [0.3, 0.4) is 0 Å². The molecular formula is C19H27N5O5S. The van der Waals surface area contributed by atoms with Gasteiger partial charge in [-0.3, -0.25) is 0 Å². The third kappa shape index (κ3) is 3.66. The number of nitrogens with two attached hydrogens (primary N) is 1. The fraction of sp³-hybridized carbons (Fsp3) is 0.579. The van der Waals surface area contributed by atoms with Crippen LogP contribution in [-0.4, -0.2) is 74.0 Å². The molecule has 164 valence electrons. The van der Waals surface area contributed by atoms with E-state index in [0.717, 1.165) is 42.5 Å². The first kappa shape index (κ1) is 21.0. The second-order valence-corrected chi connectivity index (χ2v) is 9.83. The van der Waals surface area contributed by atoms with Crippen molar-refractivity contribution in [3.63, 3.8) is 0 Å². The SMILES string of the molecule is COc1cc2nncc(N3CC4(CC(N(CC(C)O)S(N)(=O)=O)C4)C3)c2cc1OC. The molecule has 11 heteroatoms. The van der Waals surface area contributed by atoms with Crippen molar-refractivity contribution >= 4 is 26.8 Å². The van der Waals surface area contributed by atoms with Gasteiger partial charge in [0.05, 0.1) is 37.7 Å². The van der Waals surface area contributed by atoms with E-state index in [1.807, 2.05) is 6.07 Å². The van der Waals surface area contributed by atoms with Gasteiger partial charge in [0.15, 0.2) is 11.5 Å². The Kier molecular flexibility index (Phi) is 5.25. The first-order valence-corrected chi connectivity index (χ1v) is 11.3. The van der Waals surface area contributed by atoms with Crippen LogP contribution in [0.4, 0.5) is 5.69 Å². The summed E-state index contributed by atoms with van der Waals surface area (Å²) in [6.45, 7) is 3.17. The molecule has 0 bridgehead atoms. The Bertz CT molecular complexity index is 1050. The van der Waals surface area contributed by atoms with Gasteiger partial charge in [-0.05, 0) is 25.8 Å². The summed E-state index contributed by atoms with van der Waals surface area (Å²) in [5.74, 6) is 1.22. The highest BCUT2D eigenvalue weighted by Crippen LogP contribution is 2.52. The van der Waals surface area contributed by atoms with E-state index in [2.05, 4.69) is 15.1 Å². The molecule has 2 fully saturated rings. The van der Waals surface area contributed by atoms with Crippen LogP contribution >= 0.6 is 0 Å². The van der Waals surface area contributed by atoms with Crippen molar-refractivity contribution in [1.29, 1.82) is 0 Å². The summed E-state index contributed by atoms with van der Waals surface area (Å²) in [6, 6.07) is 3.53. The van der Waals surface area contributed by atoms with Gasteiger partial charge >= 0.3 is 0 Å². The van der Waals surface area contributed by atoms with Crippen molar-refractivity contribution in [1.82, 2.24) is 14.5 Å². The maximum Gasteiger partial charge on any atom is 0.277 e. The lowest BCUT2D eigenvalue weighted by Gasteiger charge is -2.61. The normalized spacial score (nSPS) is 19.6. The van der Waals surface area contributed by atoms with Gasteiger partial charge in [-0.15, -0.1) is 0 Å². The molecule has 4 rings (SSSR count). The number of rotatable bonds is 7. The Morgan fingerprint density at radius 2 is 1.93 bits per heavy atom.